The molecule has 5 nitrogen and oxygen atoms in total. The van der Waals surface area contributed by atoms with E-state index in [4.69, 9.17) is 15.2 Å². The first kappa shape index (κ1) is 14.3. The molecule has 5 heteroatoms. The first-order valence-electron chi connectivity index (χ1n) is 5.29. The maximum absolute atomic E-state index is 11.1. The average molecular weight is 218 g/mol. The van der Waals surface area contributed by atoms with Crippen LogP contribution in [0.25, 0.3) is 0 Å². The van der Waals surface area contributed by atoms with E-state index in [1.807, 2.05) is 6.92 Å². The number of hydrogen-bond donors (Lipinski definition) is 2. The molecular formula is C10H22N2O3. The van der Waals surface area contributed by atoms with Crippen LogP contribution in [0.1, 0.15) is 19.8 Å². The van der Waals surface area contributed by atoms with Crippen molar-refractivity contribution in [2.45, 2.75) is 25.8 Å². The molecule has 3 N–H and O–H groups in total. The molecule has 1 unspecified atom stereocenters. The van der Waals surface area contributed by atoms with Crippen molar-refractivity contribution in [3.8, 4) is 0 Å². The summed E-state index contributed by atoms with van der Waals surface area (Å²) in [4.78, 5) is 11.1. The van der Waals surface area contributed by atoms with Crippen LogP contribution in [-0.4, -0.2) is 45.4 Å². The molecule has 1 atom stereocenters. The van der Waals surface area contributed by atoms with Crippen LogP contribution in [-0.2, 0) is 14.3 Å². The van der Waals surface area contributed by atoms with Gasteiger partial charge in [-0.2, -0.15) is 0 Å². The molecule has 0 rings (SSSR count). The molecule has 0 aliphatic carbocycles. The van der Waals surface area contributed by atoms with Gasteiger partial charge in [-0.05, 0) is 12.8 Å². The summed E-state index contributed by atoms with van der Waals surface area (Å²) in [5.74, 6) is -0.0898. The standard InChI is InChI=1S/C10H22N2O3/c1-3-6-15-8-10(13)12-5-4-9(11)7-14-2/h9H,3-8,11H2,1-2H3,(H,12,13). The predicted octanol–water partition coefficient (Wildman–Crippen LogP) is -0.107. The molecule has 0 aromatic carbocycles. The van der Waals surface area contributed by atoms with Crippen molar-refractivity contribution in [2.75, 3.05) is 33.5 Å². The Morgan fingerprint density at radius 1 is 1.53 bits per heavy atom. The second-order valence-corrected chi connectivity index (χ2v) is 3.41. The van der Waals surface area contributed by atoms with E-state index in [0.717, 1.165) is 6.42 Å². The Morgan fingerprint density at radius 3 is 2.87 bits per heavy atom. The zero-order valence-electron chi connectivity index (χ0n) is 9.62. The van der Waals surface area contributed by atoms with Crippen LogP contribution in [0.3, 0.4) is 0 Å². The highest BCUT2D eigenvalue weighted by Gasteiger charge is 2.03. The quantitative estimate of drug-likeness (QED) is 0.530. The van der Waals surface area contributed by atoms with Crippen LogP contribution in [0.15, 0.2) is 0 Å². The molecule has 0 bridgehead atoms. The highest BCUT2D eigenvalue weighted by Crippen LogP contribution is 1.87. The van der Waals surface area contributed by atoms with Gasteiger partial charge in [0.1, 0.15) is 6.61 Å². The maximum Gasteiger partial charge on any atom is 0.245 e. The predicted molar refractivity (Wildman–Crippen MR) is 58.6 cm³/mol. The molecule has 0 aromatic rings. The van der Waals surface area contributed by atoms with Gasteiger partial charge in [0.2, 0.25) is 5.91 Å². The molecule has 0 aromatic heterocycles. The summed E-state index contributed by atoms with van der Waals surface area (Å²) >= 11 is 0. The van der Waals surface area contributed by atoms with E-state index >= 15 is 0 Å². The van der Waals surface area contributed by atoms with Crippen LogP contribution in [0, 0.1) is 0 Å². The minimum atomic E-state index is -0.0898. The van der Waals surface area contributed by atoms with Gasteiger partial charge in [-0.25, -0.2) is 0 Å². The molecule has 1 amide bonds. The van der Waals surface area contributed by atoms with Crippen molar-refractivity contribution in [2.24, 2.45) is 5.73 Å². The third-order valence-electron chi connectivity index (χ3n) is 1.80. The fourth-order valence-corrected chi connectivity index (χ4v) is 1.05. The Labute approximate surface area is 91.3 Å². The summed E-state index contributed by atoms with van der Waals surface area (Å²) in [6.45, 7) is 3.84. The lowest BCUT2D eigenvalue weighted by atomic mass is 10.2. The Balaban J connectivity index is 3.30. The Hall–Kier alpha value is -0.650. The minimum Gasteiger partial charge on any atom is -0.383 e. The highest BCUT2D eigenvalue weighted by molar-refractivity contribution is 5.77. The molecule has 0 saturated carbocycles. The number of carbonyl (C=O) groups excluding carboxylic acids is 1. The van der Waals surface area contributed by atoms with Crippen molar-refractivity contribution in [3.05, 3.63) is 0 Å². The van der Waals surface area contributed by atoms with Gasteiger partial charge in [0.25, 0.3) is 0 Å². The average Bonchev–Trinajstić information content (AvgIpc) is 2.18. The summed E-state index contributed by atoms with van der Waals surface area (Å²) in [7, 11) is 1.61. The molecule has 0 heterocycles. The Bertz CT molecular complexity index is 165. The summed E-state index contributed by atoms with van der Waals surface area (Å²) in [6, 6.07) is -0.0214. The van der Waals surface area contributed by atoms with Gasteiger partial charge >= 0.3 is 0 Å². The van der Waals surface area contributed by atoms with E-state index in [1.54, 1.807) is 7.11 Å². The number of rotatable bonds is 9. The second kappa shape index (κ2) is 9.89. The van der Waals surface area contributed by atoms with Gasteiger partial charge in [-0.3, -0.25) is 4.79 Å². The van der Waals surface area contributed by atoms with Crippen LogP contribution in [0.5, 0.6) is 0 Å². The van der Waals surface area contributed by atoms with E-state index in [9.17, 15) is 4.79 Å². The molecule has 90 valence electrons. The Morgan fingerprint density at radius 2 is 2.27 bits per heavy atom. The van der Waals surface area contributed by atoms with Gasteiger partial charge in [0.15, 0.2) is 0 Å². The van der Waals surface area contributed by atoms with Crippen molar-refractivity contribution in [1.82, 2.24) is 5.32 Å². The Kier molecular flexibility index (Phi) is 9.46. The molecule has 15 heavy (non-hydrogen) atoms. The van der Waals surface area contributed by atoms with E-state index in [-0.39, 0.29) is 18.6 Å². The van der Waals surface area contributed by atoms with Crippen molar-refractivity contribution < 1.29 is 14.3 Å². The smallest absolute Gasteiger partial charge is 0.245 e. The van der Waals surface area contributed by atoms with Gasteiger partial charge in [-0.1, -0.05) is 6.92 Å². The number of methoxy groups -OCH3 is 1. The first-order chi connectivity index (χ1) is 7.20. The lowest BCUT2D eigenvalue weighted by Crippen LogP contribution is -2.34. The highest BCUT2D eigenvalue weighted by atomic mass is 16.5. The van der Waals surface area contributed by atoms with E-state index in [2.05, 4.69) is 5.32 Å². The van der Waals surface area contributed by atoms with E-state index < -0.39 is 0 Å². The maximum atomic E-state index is 11.1. The number of amides is 1. The third-order valence-corrected chi connectivity index (χ3v) is 1.80. The number of carbonyl (C=O) groups is 1. The summed E-state index contributed by atoms with van der Waals surface area (Å²) in [5, 5.41) is 2.73. The topological polar surface area (TPSA) is 73.6 Å². The summed E-state index contributed by atoms with van der Waals surface area (Å²) < 4.78 is 9.96. The normalized spacial score (nSPS) is 12.5. The van der Waals surface area contributed by atoms with E-state index in [0.29, 0.717) is 26.2 Å². The third kappa shape index (κ3) is 9.65. The zero-order chi connectivity index (χ0) is 11.5. The molecular weight excluding hydrogens is 196 g/mol. The zero-order valence-corrected chi connectivity index (χ0v) is 9.62. The monoisotopic (exact) mass is 218 g/mol. The van der Waals surface area contributed by atoms with Gasteiger partial charge in [-0.15, -0.1) is 0 Å². The van der Waals surface area contributed by atoms with Crippen LogP contribution >= 0.6 is 0 Å². The van der Waals surface area contributed by atoms with Crippen LogP contribution in [0.4, 0.5) is 0 Å². The van der Waals surface area contributed by atoms with Gasteiger partial charge in [0.05, 0.1) is 6.61 Å². The van der Waals surface area contributed by atoms with Crippen LogP contribution in [0.2, 0.25) is 0 Å². The van der Waals surface area contributed by atoms with Crippen molar-refractivity contribution in [1.29, 1.82) is 0 Å². The molecule has 0 fully saturated rings. The first-order valence-corrected chi connectivity index (χ1v) is 5.29. The minimum absolute atomic E-state index is 0.0214. The number of nitrogens with one attached hydrogen (secondary N) is 1. The molecule has 0 aliphatic rings. The van der Waals surface area contributed by atoms with Crippen molar-refractivity contribution >= 4 is 5.91 Å². The fourth-order valence-electron chi connectivity index (χ4n) is 1.05. The molecule has 0 aliphatic heterocycles. The van der Waals surface area contributed by atoms with Crippen LogP contribution < -0.4 is 11.1 Å². The van der Waals surface area contributed by atoms with Gasteiger partial charge < -0.3 is 20.5 Å². The summed E-state index contributed by atoms with van der Waals surface area (Å²) in [6.07, 6.45) is 1.64. The number of nitrogens with two attached hydrogens (primary N) is 1. The lowest BCUT2D eigenvalue weighted by molar-refractivity contribution is -0.125. The number of ether oxygens (including phenoxy) is 2. The molecule has 0 spiro atoms. The molecule has 0 radical (unpaired) electrons. The fraction of sp³-hybridized carbons (Fsp3) is 0.900. The second-order valence-electron chi connectivity index (χ2n) is 3.41. The largest absolute Gasteiger partial charge is 0.383 e. The van der Waals surface area contributed by atoms with Crippen molar-refractivity contribution in [3.63, 3.8) is 0 Å². The number of hydrogen-bond acceptors (Lipinski definition) is 4. The molecule has 0 saturated heterocycles. The summed E-state index contributed by atoms with van der Waals surface area (Å²) in [5.41, 5.74) is 5.68. The lowest BCUT2D eigenvalue weighted by Gasteiger charge is -2.10. The SMILES string of the molecule is CCCOCC(=O)NCCC(N)COC. The van der Waals surface area contributed by atoms with E-state index in [1.165, 1.54) is 0 Å². The van der Waals surface area contributed by atoms with Gasteiger partial charge in [0, 0.05) is 26.3 Å².